The first-order valence-corrected chi connectivity index (χ1v) is 5.50. The minimum atomic E-state index is -0.408. The van der Waals surface area contributed by atoms with Crippen LogP contribution < -0.4 is 0 Å². The molecular formula is C10H11BrClF. The Bertz CT molecular complexity index is 276. The largest absolute Gasteiger partial charge is 0.246 e. The van der Waals surface area contributed by atoms with Crippen LogP contribution in [0.25, 0.3) is 0 Å². The molecule has 13 heavy (non-hydrogen) atoms. The fourth-order valence-corrected chi connectivity index (χ4v) is 1.89. The molecule has 0 N–H and O–H groups in total. The van der Waals surface area contributed by atoms with E-state index in [9.17, 15) is 4.39 Å². The normalized spacial score (nSPS) is 10.4. The fourth-order valence-electron chi connectivity index (χ4n) is 1.13. The fraction of sp³-hybridized carbons (Fsp3) is 0.400. The second-order valence-electron chi connectivity index (χ2n) is 2.85. The summed E-state index contributed by atoms with van der Waals surface area (Å²) in [6, 6.07) is 5.59. The summed E-state index contributed by atoms with van der Waals surface area (Å²) in [6.07, 6.45) is 1.89. The summed E-state index contributed by atoms with van der Waals surface area (Å²) in [5.74, 6) is 0.664. The van der Waals surface area contributed by atoms with Gasteiger partial charge in [-0.15, -0.1) is 11.6 Å². The SMILES string of the molecule is FCc1ccc(CCCCl)c(Br)c1. The maximum atomic E-state index is 12.2. The Morgan fingerprint density at radius 1 is 1.38 bits per heavy atom. The van der Waals surface area contributed by atoms with E-state index in [0.29, 0.717) is 11.4 Å². The van der Waals surface area contributed by atoms with E-state index in [4.69, 9.17) is 11.6 Å². The molecular weight excluding hydrogens is 254 g/mol. The zero-order valence-electron chi connectivity index (χ0n) is 7.19. The van der Waals surface area contributed by atoms with Crippen molar-refractivity contribution in [2.75, 3.05) is 5.88 Å². The van der Waals surface area contributed by atoms with Gasteiger partial charge in [0.2, 0.25) is 0 Å². The van der Waals surface area contributed by atoms with Crippen LogP contribution in [0.15, 0.2) is 22.7 Å². The number of hydrogen-bond acceptors (Lipinski definition) is 0. The molecule has 1 rings (SSSR count). The van der Waals surface area contributed by atoms with Crippen LogP contribution in [0, 0.1) is 0 Å². The third-order valence-electron chi connectivity index (χ3n) is 1.85. The summed E-state index contributed by atoms with van der Waals surface area (Å²) in [7, 11) is 0. The zero-order chi connectivity index (χ0) is 9.68. The maximum absolute atomic E-state index is 12.2. The maximum Gasteiger partial charge on any atom is 0.115 e. The number of halogens is 3. The van der Waals surface area contributed by atoms with Gasteiger partial charge in [-0.1, -0.05) is 28.1 Å². The van der Waals surface area contributed by atoms with Gasteiger partial charge in [0.15, 0.2) is 0 Å². The summed E-state index contributed by atoms with van der Waals surface area (Å²) in [5.41, 5.74) is 1.90. The van der Waals surface area contributed by atoms with E-state index in [1.54, 1.807) is 0 Å². The highest BCUT2D eigenvalue weighted by Crippen LogP contribution is 2.20. The van der Waals surface area contributed by atoms with E-state index in [1.807, 2.05) is 18.2 Å². The lowest BCUT2D eigenvalue weighted by Gasteiger charge is -2.04. The van der Waals surface area contributed by atoms with Crippen molar-refractivity contribution in [1.29, 1.82) is 0 Å². The monoisotopic (exact) mass is 264 g/mol. The van der Waals surface area contributed by atoms with E-state index in [-0.39, 0.29) is 0 Å². The molecule has 0 saturated heterocycles. The predicted octanol–water partition coefficient (Wildman–Crippen LogP) is 4.09. The third kappa shape index (κ3) is 3.28. The van der Waals surface area contributed by atoms with Crippen molar-refractivity contribution < 1.29 is 4.39 Å². The molecule has 0 aliphatic rings. The van der Waals surface area contributed by atoms with Crippen molar-refractivity contribution in [3.8, 4) is 0 Å². The molecule has 0 radical (unpaired) electrons. The summed E-state index contributed by atoms with van der Waals surface area (Å²) < 4.78 is 13.2. The molecule has 0 aliphatic carbocycles. The Morgan fingerprint density at radius 3 is 2.69 bits per heavy atom. The highest BCUT2D eigenvalue weighted by atomic mass is 79.9. The Labute approximate surface area is 91.2 Å². The van der Waals surface area contributed by atoms with Crippen molar-refractivity contribution in [3.05, 3.63) is 33.8 Å². The van der Waals surface area contributed by atoms with Gasteiger partial charge in [-0.05, 0) is 30.0 Å². The first-order chi connectivity index (χ1) is 6.27. The van der Waals surface area contributed by atoms with Gasteiger partial charge in [-0.2, -0.15) is 0 Å². The molecule has 72 valence electrons. The molecule has 0 bridgehead atoms. The van der Waals surface area contributed by atoms with Gasteiger partial charge in [0.25, 0.3) is 0 Å². The standard InChI is InChI=1S/C10H11BrClF/c11-10-6-8(7-13)3-4-9(10)2-1-5-12/h3-4,6H,1-2,5,7H2. The molecule has 0 aromatic heterocycles. The van der Waals surface area contributed by atoms with E-state index >= 15 is 0 Å². The van der Waals surface area contributed by atoms with Crippen molar-refractivity contribution >= 4 is 27.5 Å². The number of aryl methyl sites for hydroxylation is 1. The summed E-state index contributed by atoms with van der Waals surface area (Å²) in [5, 5.41) is 0. The number of hydrogen-bond donors (Lipinski definition) is 0. The van der Waals surface area contributed by atoms with Gasteiger partial charge in [0.1, 0.15) is 6.67 Å². The smallest absolute Gasteiger partial charge is 0.115 e. The van der Waals surface area contributed by atoms with E-state index in [0.717, 1.165) is 17.3 Å². The average molecular weight is 266 g/mol. The van der Waals surface area contributed by atoms with Crippen LogP contribution in [-0.2, 0) is 13.1 Å². The zero-order valence-corrected chi connectivity index (χ0v) is 9.54. The van der Waals surface area contributed by atoms with Crippen LogP contribution in [0.4, 0.5) is 4.39 Å². The van der Waals surface area contributed by atoms with Crippen molar-refractivity contribution in [2.24, 2.45) is 0 Å². The lowest BCUT2D eigenvalue weighted by molar-refractivity contribution is 0.485. The van der Waals surface area contributed by atoms with Crippen LogP contribution in [0.2, 0.25) is 0 Å². The van der Waals surface area contributed by atoms with E-state index in [2.05, 4.69) is 15.9 Å². The first-order valence-electron chi connectivity index (χ1n) is 4.17. The van der Waals surface area contributed by atoms with Gasteiger partial charge < -0.3 is 0 Å². The summed E-state index contributed by atoms with van der Waals surface area (Å²) >= 11 is 9.00. The first kappa shape index (κ1) is 11.0. The third-order valence-corrected chi connectivity index (χ3v) is 2.86. The predicted molar refractivity (Wildman–Crippen MR) is 58.0 cm³/mol. The second-order valence-corrected chi connectivity index (χ2v) is 4.08. The minimum Gasteiger partial charge on any atom is -0.246 e. The molecule has 0 amide bonds. The molecule has 0 spiro atoms. The van der Waals surface area contributed by atoms with Crippen molar-refractivity contribution in [2.45, 2.75) is 19.5 Å². The van der Waals surface area contributed by atoms with Crippen LogP contribution in [0.1, 0.15) is 17.5 Å². The molecule has 1 aromatic carbocycles. The number of benzene rings is 1. The van der Waals surface area contributed by atoms with Crippen LogP contribution in [-0.4, -0.2) is 5.88 Å². The molecule has 0 atom stereocenters. The topological polar surface area (TPSA) is 0 Å². The number of alkyl halides is 2. The molecule has 0 heterocycles. The minimum absolute atomic E-state index is 0.408. The molecule has 0 nitrogen and oxygen atoms in total. The summed E-state index contributed by atoms with van der Waals surface area (Å²) in [6.45, 7) is -0.408. The Balaban J connectivity index is 2.73. The van der Waals surface area contributed by atoms with Crippen molar-refractivity contribution in [1.82, 2.24) is 0 Å². The van der Waals surface area contributed by atoms with E-state index < -0.39 is 6.67 Å². The highest BCUT2D eigenvalue weighted by molar-refractivity contribution is 9.10. The highest BCUT2D eigenvalue weighted by Gasteiger charge is 2.00. The molecule has 1 aromatic rings. The molecule has 0 unspecified atom stereocenters. The Kier molecular flexibility index (Phi) is 4.74. The molecule has 0 aliphatic heterocycles. The van der Waals surface area contributed by atoms with Crippen molar-refractivity contribution in [3.63, 3.8) is 0 Å². The Morgan fingerprint density at radius 2 is 2.15 bits per heavy atom. The molecule has 0 saturated carbocycles. The average Bonchev–Trinajstić information content (AvgIpc) is 2.16. The number of rotatable bonds is 4. The van der Waals surface area contributed by atoms with Gasteiger partial charge in [0.05, 0.1) is 0 Å². The van der Waals surface area contributed by atoms with Gasteiger partial charge in [0, 0.05) is 10.4 Å². The lowest BCUT2D eigenvalue weighted by atomic mass is 10.1. The van der Waals surface area contributed by atoms with E-state index in [1.165, 1.54) is 5.56 Å². The van der Waals surface area contributed by atoms with Gasteiger partial charge >= 0.3 is 0 Å². The van der Waals surface area contributed by atoms with Gasteiger partial charge in [-0.25, -0.2) is 4.39 Å². The second kappa shape index (κ2) is 5.61. The van der Waals surface area contributed by atoms with Crippen LogP contribution in [0.5, 0.6) is 0 Å². The quantitative estimate of drug-likeness (QED) is 0.719. The van der Waals surface area contributed by atoms with Gasteiger partial charge in [-0.3, -0.25) is 0 Å². The molecule has 3 heteroatoms. The summed E-state index contributed by atoms with van der Waals surface area (Å²) in [4.78, 5) is 0. The van der Waals surface area contributed by atoms with Crippen LogP contribution >= 0.6 is 27.5 Å². The Hall–Kier alpha value is -0.0800. The lowest BCUT2D eigenvalue weighted by Crippen LogP contribution is -1.89. The van der Waals surface area contributed by atoms with Crippen LogP contribution in [0.3, 0.4) is 0 Å². The molecule has 0 fully saturated rings.